The van der Waals surface area contributed by atoms with E-state index in [0.29, 0.717) is 18.7 Å². The number of ether oxygens (including phenoxy) is 1. The summed E-state index contributed by atoms with van der Waals surface area (Å²) in [5.41, 5.74) is 3.01. The molecule has 2 amide bonds. The van der Waals surface area contributed by atoms with Gasteiger partial charge < -0.3 is 15.0 Å². The largest absolute Gasteiger partial charge is 0.484 e. The Morgan fingerprint density at radius 1 is 0.946 bits per heavy atom. The van der Waals surface area contributed by atoms with Crippen LogP contribution in [0.5, 0.6) is 5.75 Å². The second kappa shape index (κ2) is 13.4. The van der Waals surface area contributed by atoms with Crippen molar-refractivity contribution in [1.29, 1.82) is 0 Å². The van der Waals surface area contributed by atoms with Crippen molar-refractivity contribution < 1.29 is 14.3 Å². The summed E-state index contributed by atoms with van der Waals surface area (Å²) in [5, 5.41) is 3.27. The first-order valence-corrected chi connectivity index (χ1v) is 13.9. The van der Waals surface area contributed by atoms with E-state index in [9.17, 15) is 9.59 Å². The summed E-state index contributed by atoms with van der Waals surface area (Å²) in [4.78, 5) is 29.2. The SMILES string of the molecule is Cc1cc(OCC(=O)N(Cc2ccccc2)C(Cc2ccccc2)C(=O)NC2CCCCC2)ccc1Br. The molecule has 0 aromatic heterocycles. The van der Waals surface area contributed by atoms with Gasteiger partial charge in [-0.2, -0.15) is 0 Å². The zero-order valence-corrected chi connectivity index (χ0v) is 23.0. The molecule has 0 aliphatic heterocycles. The third-order valence-electron chi connectivity index (χ3n) is 6.91. The van der Waals surface area contributed by atoms with Crippen LogP contribution in [-0.4, -0.2) is 35.4 Å². The van der Waals surface area contributed by atoms with Gasteiger partial charge in [0.05, 0.1) is 0 Å². The summed E-state index contributed by atoms with van der Waals surface area (Å²) in [5.74, 6) is 0.309. The topological polar surface area (TPSA) is 58.6 Å². The van der Waals surface area contributed by atoms with Crippen LogP contribution in [0.3, 0.4) is 0 Å². The van der Waals surface area contributed by atoms with Crippen molar-refractivity contribution in [3.05, 3.63) is 100 Å². The van der Waals surface area contributed by atoms with Gasteiger partial charge in [0, 0.05) is 23.5 Å². The lowest BCUT2D eigenvalue weighted by Gasteiger charge is -2.33. The van der Waals surface area contributed by atoms with E-state index < -0.39 is 6.04 Å². The minimum atomic E-state index is -0.646. The zero-order chi connectivity index (χ0) is 26.0. The summed E-state index contributed by atoms with van der Waals surface area (Å²) in [6.07, 6.45) is 5.88. The van der Waals surface area contributed by atoms with Gasteiger partial charge in [0.1, 0.15) is 11.8 Å². The van der Waals surface area contributed by atoms with Gasteiger partial charge in [-0.05, 0) is 54.7 Å². The number of halogens is 1. The summed E-state index contributed by atoms with van der Waals surface area (Å²) in [6, 6.07) is 24.9. The molecular formula is C31H35BrN2O3. The first-order chi connectivity index (χ1) is 18.0. The van der Waals surface area contributed by atoms with Gasteiger partial charge in [-0.1, -0.05) is 95.9 Å². The summed E-state index contributed by atoms with van der Waals surface area (Å²) in [6.45, 7) is 2.17. The predicted octanol–water partition coefficient (Wildman–Crippen LogP) is 6.23. The Hall–Kier alpha value is -3.12. The van der Waals surface area contributed by atoms with Crippen LogP contribution in [0.1, 0.15) is 48.8 Å². The fraction of sp³-hybridized carbons (Fsp3) is 0.355. The smallest absolute Gasteiger partial charge is 0.261 e. The molecule has 0 spiro atoms. The van der Waals surface area contributed by atoms with Crippen LogP contribution in [-0.2, 0) is 22.6 Å². The Balaban J connectivity index is 1.59. The number of carbonyl (C=O) groups is 2. The molecule has 6 heteroatoms. The molecule has 1 saturated carbocycles. The van der Waals surface area contributed by atoms with E-state index in [2.05, 4.69) is 21.2 Å². The monoisotopic (exact) mass is 562 g/mol. The maximum atomic E-state index is 13.8. The molecule has 4 rings (SSSR count). The molecule has 0 heterocycles. The van der Waals surface area contributed by atoms with Crippen molar-refractivity contribution in [3.63, 3.8) is 0 Å². The average Bonchev–Trinajstić information content (AvgIpc) is 2.93. The maximum Gasteiger partial charge on any atom is 0.261 e. The third-order valence-corrected chi connectivity index (χ3v) is 7.80. The molecule has 1 fully saturated rings. The molecule has 0 radical (unpaired) electrons. The molecule has 37 heavy (non-hydrogen) atoms. The van der Waals surface area contributed by atoms with Crippen molar-refractivity contribution in [3.8, 4) is 5.75 Å². The number of amides is 2. The predicted molar refractivity (Wildman–Crippen MR) is 150 cm³/mol. The summed E-state index contributed by atoms with van der Waals surface area (Å²) < 4.78 is 6.89. The standard InChI is InChI=1S/C31H35BrN2O3/c1-23-19-27(17-18-28(23)32)37-22-30(35)34(21-25-13-7-3-8-14-25)29(20-24-11-5-2-6-12-24)31(36)33-26-15-9-4-10-16-26/h2-3,5-8,11-14,17-19,26,29H,4,9-10,15-16,20-22H2,1H3,(H,33,36). The van der Waals surface area contributed by atoms with Gasteiger partial charge in [0.25, 0.3) is 5.91 Å². The summed E-state index contributed by atoms with van der Waals surface area (Å²) in [7, 11) is 0. The van der Waals surface area contributed by atoms with Crippen molar-refractivity contribution in [2.75, 3.05) is 6.61 Å². The van der Waals surface area contributed by atoms with Crippen molar-refractivity contribution >= 4 is 27.7 Å². The first-order valence-electron chi connectivity index (χ1n) is 13.1. The Bertz CT molecular complexity index is 1160. The molecule has 194 valence electrons. The zero-order valence-electron chi connectivity index (χ0n) is 21.4. The first kappa shape index (κ1) is 26.9. The van der Waals surface area contributed by atoms with Crippen LogP contribution in [0.15, 0.2) is 83.3 Å². The Labute approximate surface area is 228 Å². The maximum absolute atomic E-state index is 13.8. The normalized spacial score (nSPS) is 14.5. The number of aryl methyl sites for hydroxylation is 1. The molecule has 1 aliphatic carbocycles. The molecule has 0 saturated heterocycles. The molecule has 0 bridgehead atoms. The van der Waals surface area contributed by atoms with E-state index in [-0.39, 0.29) is 24.5 Å². The Morgan fingerprint density at radius 3 is 2.24 bits per heavy atom. The quantitative estimate of drug-likeness (QED) is 0.319. The average molecular weight is 564 g/mol. The molecule has 1 atom stereocenters. The van der Waals surface area contributed by atoms with Crippen LogP contribution < -0.4 is 10.1 Å². The van der Waals surface area contributed by atoms with Crippen molar-refractivity contribution in [1.82, 2.24) is 10.2 Å². The lowest BCUT2D eigenvalue weighted by atomic mass is 9.94. The van der Waals surface area contributed by atoms with E-state index in [0.717, 1.165) is 46.8 Å². The van der Waals surface area contributed by atoms with Gasteiger partial charge in [-0.3, -0.25) is 9.59 Å². The number of carbonyl (C=O) groups excluding carboxylic acids is 2. The molecular weight excluding hydrogens is 528 g/mol. The molecule has 3 aromatic rings. The van der Waals surface area contributed by atoms with Gasteiger partial charge in [-0.15, -0.1) is 0 Å². The van der Waals surface area contributed by atoms with Crippen molar-refractivity contribution in [2.45, 2.75) is 64.1 Å². The molecule has 1 unspecified atom stereocenters. The number of benzene rings is 3. The van der Waals surface area contributed by atoms with E-state index in [1.165, 1.54) is 6.42 Å². The number of nitrogens with one attached hydrogen (secondary N) is 1. The highest BCUT2D eigenvalue weighted by Gasteiger charge is 2.32. The molecule has 1 N–H and O–H groups in total. The molecule has 3 aromatic carbocycles. The highest BCUT2D eigenvalue weighted by atomic mass is 79.9. The van der Waals surface area contributed by atoms with Crippen LogP contribution in [0, 0.1) is 6.92 Å². The lowest BCUT2D eigenvalue weighted by Crippen LogP contribution is -2.53. The highest BCUT2D eigenvalue weighted by Crippen LogP contribution is 2.23. The third kappa shape index (κ3) is 7.93. The molecule has 1 aliphatic rings. The van der Waals surface area contributed by atoms with Gasteiger partial charge in [0.2, 0.25) is 5.91 Å². The van der Waals surface area contributed by atoms with Crippen LogP contribution >= 0.6 is 15.9 Å². The van der Waals surface area contributed by atoms with Crippen LogP contribution in [0.2, 0.25) is 0 Å². The minimum Gasteiger partial charge on any atom is -0.484 e. The van der Waals surface area contributed by atoms with Crippen LogP contribution in [0.25, 0.3) is 0 Å². The van der Waals surface area contributed by atoms with Gasteiger partial charge in [-0.25, -0.2) is 0 Å². The second-order valence-corrected chi connectivity index (χ2v) is 10.6. The Kier molecular flexibility index (Phi) is 9.78. The minimum absolute atomic E-state index is 0.0977. The Morgan fingerprint density at radius 2 is 1.59 bits per heavy atom. The fourth-order valence-corrected chi connectivity index (χ4v) is 5.06. The number of rotatable bonds is 10. The van der Waals surface area contributed by atoms with E-state index in [1.54, 1.807) is 4.90 Å². The van der Waals surface area contributed by atoms with Gasteiger partial charge in [0.15, 0.2) is 6.61 Å². The van der Waals surface area contributed by atoms with Crippen LogP contribution in [0.4, 0.5) is 0 Å². The number of hydrogen-bond donors (Lipinski definition) is 1. The van der Waals surface area contributed by atoms with E-state index >= 15 is 0 Å². The number of nitrogens with zero attached hydrogens (tertiary/aromatic N) is 1. The second-order valence-electron chi connectivity index (χ2n) is 9.76. The fourth-order valence-electron chi connectivity index (χ4n) is 4.81. The van der Waals surface area contributed by atoms with E-state index in [1.807, 2.05) is 85.8 Å². The molecule has 5 nitrogen and oxygen atoms in total. The van der Waals surface area contributed by atoms with Crippen molar-refractivity contribution in [2.24, 2.45) is 0 Å². The lowest BCUT2D eigenvalue weighted by molar-refractivity contribution is -0.143. The van der Waals surface area contributed by atoms with Gasteiger partial charge >= 0.3 is 0 Å². The van der Waals surface area contributed by atoms with E-state index in [4.69, 9.17) is 4.74 Å². The number of hydrogen-bond acceptors (Lipinski definition) is 3. The highest BCUT2D eigenvalue weighted by molar-refractivity contribution is 9.10. The summed E-state index contributed by atoms with van der Waals surface area (Å²) >= 11 is 3.50.